The highest BCUT2D eigenvalue weighted by Crippen LogP contribution is 2.29. The maximum atomic E-state index is 12.2. The zero-order chi connectivity index (χ0) is 15.5. The van der Waals surface area contributed by atoms with Gasteiger partial charge in [0.05, 0.1) is 11.4 Å². The van der Waals surface area contributed by atoms with Gasteiger partial charge in [-0.05, 0) is 25.0 Å². The van der Waals surface area contributed by atoms with Gasteiger partial charge in [0.1, 0.15) is 4.90 Å². The number of hydrogen-bond acceptors (Lipinski definition) is 4. The fourth-order valence-electron chi connectivity index (χ4n) is 1.83. The molecule has 114 valence electrons. The summed E-state index contributed by atoms with van der Waals surface area (Å²) in [7, 11) is -0.530. The quantitative estimate of drug-likeness (QED) is 0.791. The Kier molecular flexibility index (Phi) is 5.42. The number of sulfonamides is 1. The van der Waals surface area contributed by atoms with E-state index in [0.29, 0.717) is 11.6 Å². The molecule has 0 aliphatic heterocycles. The van der Waals surface area contributed by atoms with Gasteiger partial charge >= 0.3 is 0 Å². The topological polar surface area (TPSA) is 75.4 Å². The van der Waals surface area contributed by atoms with Crippen LogP contribution in [0, 0.1) is 5.92 Å². The summed E-state index contributed by atoms with van der Waals surface area (Å²) in [5.41, 5.74) is 6.97. The van der Waals surface area contributed by atoms with Crippen molar-refractivity contribution in [1.29, 1.82) is 0 Å². The molecule has 0 spiro atoms. The van der Waals surface area contributed by atoms with Gasteiger partial charge < -0.3 is 11.1 Å². The van der Waals surface area contributed by atoms with Crippen LogP contribution in [0.15, 0.2) is 23.1 Å². The first-order valence-electron chi connectivity index (χ1n) is 6.79. The zero-order valence-electron chi connectivity index (χ0n) is 12.8. The highest BCUT2D eigenvalue weighted by molar-refractivity contribution is 7.89. The van der Waals surface area contributed by atoms with Crippen LogP contribution in [-0.2, 0) is 10.0 Å². The van der Waals surface area contributed by atoms with E-state index in [0.717, 1.165) is 6.42 Å². The van der Waals surface area contributed by atoms with Crippen molar-refractivity contribution in [3.05, 3.63) is 18.2 Å². The van der Waals surface area contributed by atoms with Crippen LogP contribution >= 0.6 is 0 Å². The van der Waals surface area contributed by atoms with Crippen LogP contribution < -0.4 is 11.1 Å². The normalized spacial score (nSPS) is 15.1. The SMILES string of the molecule is CCC(C)C(C)Nc1cccc(S(=O)(=O)N(C)C)c1N. The molecular weight excluding hydrogens is 274 g/mol. The second-order valence-electron chi connectivity index (χ2n) is 5.32. The monoisotopic (exact) mass is 299 g/mol. The third-order valence-corrected chi connectivity index (χ3v) is 5.58. The summed E-state index contributed by atoms with van der Waals surface area (Å²) in [6, 6.07) is 5.27. The lowest BCUT2D eigenvalue weighted by Crippen LogP contribution is -2.26. The molecule has 0 saturated heterocycles. The van der Waals surface area contributed by atoms with Crippen molar-refractivity contribution in [3.8, 4) is 0 Å². The molecule has 0 saturated carbocycles. The third kappa shape index (κ3) is 3.43. The Labute approximate surface area is 122 Å². The molecule has 0 amide bonds. The molecule has 1 aromatic rings. The zero-order valence-corrected chi connectivity index (χ0v) is 13.7. The largest absolute Gasteiger partial charge is 0.396 e. The number of nitrogens with one attached hydrogen (secondary N) is 1. The lowest BCUT2D eigenvalue weighted by atomic mass is 10.0. The minimum absolute atomic E-state index is 0.142. The molecule has 1 rings (SSSR count). The Balaban J connectivity index is 3.15. The smallest absolute Gasteiger partial charge is 0.244 e. The summed E-state index contributed by atoms with van der Waals surface area (Å²) in [5.74, 6) is 0.475. The highest BCUT2D eigenvalue weighted by Gasteiger charge is 2.22. The number of nitrogen functional groups attached to an aromatic ring is 1. The Hall–Kier alpha value is -1.27. The first-order valence-corrected chi connectivity index (χ1v) is 8.23. The lowest BCUT2D eigenvalue weighted by Gasteiger charge is -2.23. The molecule has 1 aromatic carbocycles. The summed E-state index contributed by atoms with van der Waals surface area (Å²) >= 11 is 0. The van der Waals surface area contributed by atoms with Gasteiger partial charge in [-0.25, -0.2) is 12.7 Å². The van der Waals surface area contributed by atoms with Crippen molar-refractivity contribution in [2.24, 2.45) is 5.92 Å². The van der Waals surface area contributed by atoms with Gasteiger partial charge in [0.15, 0.2) is 0 Å². The van der Waals surface area contributed by atoms with Crippen molar-refractivity contribution in [3.63, 3.8) is 0 Å². The first kappa shape index (κ1) is 16.8. The first-order chi connectivity index (χ1) is 9.21. The van der Waals surface area contributed by atoms with Gasteiger partial charge in [0.25, 0.3) is 0 Å². The Morgan fingerprint density at radius 2 is 1.90 bits per heavy atom. The van der Waals surface area contributed by atoms with Gasteiger partial charge in [0.2, 0.25) is 10.0 Å². The van der Waals surface area contributed by atoms with E-state index in [-0.39, 0.29) is 16.6 Å². The fraction of sp³-hybridized carbons (Fsp3) is 0.571. The van der Waals surface area contributed by atoms with Crippen LogP contribution in [0.3, 0.4) is 0 Å². The molecule has 2 unspecified atom stereocenters. The molecule has 5 nitrogen and oxygen atoms in total. The van der Waals surface area contributed by atoms with Gasteiger partial charge in [-0.2, -0.15) is 0 Å². The molecule has 0 heterocycles. The van der Waals surface area contributed by atoms with Crippen LogP contribution in [0.4, 0.5) is 11.4 Å². The van der Waals surface area contributed by atoms with E-state index in [1.54, 1.807) is 6.07 Å². The Morgan fingerprint density at radius 3 is 2.40 bits per heavy atom. The molecule has 0 bridgehead atoms. The standard InChI is InChI=1S/C14H25N3O2S/c1-6-10(2)11(3)16-12-8-7-9-13(14(12)15)20(18,19)17(4)5/h7-11,16H,6,15H2,1-5H3. The lowest BCUT2D eigenvalue weighted by molar-refractivity contribution is 0.494. The molecular formula is C14H25N3O2S. The van der Waals surface area contributed by atoms with Crippen LogP contribution in [0.2, 0.25) is 0 Å². The molecule has 2 atom stereocenters. The summed E-state index contributed by atoms with van der Waals surface area (Å²) in [6.45, 7) is 6.34. The summed E-state index contributed by atoms with van der Waals surface area (Å²) < 4.78 is 25.6. The number of rotatable bonds is 6. The molecule has 0 aromatic heterocycles. The van der Waals surface area contributed by atoms with E-state index in [9.17, 15) is 8.42 Å². The van der Waals surface area contributed by atoms with Gasteiger partial charge in [-0.1, -0.05) is 26.3 Å². The van der Waals surface area contributed by atoms with Crippen LogP contribution in [0.25, 0.3) is 0 Å². The number of hydrogen-bond donors (Lipinski definition) is 2. The summed E-state index contributed by atoms with van der Waals surface area (Å²) in [4.78, 5) is 0.142. The molecule has 6 heteroatoms. The molecule has 20 heavy (non-hydrogen) atoms. The number of benzene rings is 1. The van der Waals surface area contributed by atoms with Crippen molar-refractivity contribution in [2.75, 3.05) is 25.1 Å². The van der Waals surface area contributed by atoms with Crippen molar-refractivity contribution >= 4 is 21.4 Å². The van der Waals surface area contributed by atoms with Crippen LogP contribution in [0.5, 0.6) is 0 Å². The molecule has 0 radical (unpaired) electrons. The molecule has 0 fully saturated rings. The second-order valence-corrected chi connectivity index (χ2v) is 7.44. The number of nitrogens with two attached hydrogens (primary N) is 1. The third-order valence-electron chi connectivity index (χ3n) is 3.71. The highest BCUT2D eigenvalue weighted by atomic mass is 32.2. The maximum Gasteiger partial charge on any atom is 0.244 e. The van der Waals surface area contributed by atoms with Crippen LogP contribution in [-0.4, -0.2) is 32.9 Å². The van der Waals surface area contributed by atoms with E-state index in [1.165, 1.54) is 24.5 Å². The molecule has 3 N–H and O–H groups in total. The minimum Gasteiger partial charge on any atom is -0.396 e. The predicted octanol–water partition coefficient (Wildman–Crippen LogP) is 2.37. The fourth-order valence-corrected chi connectivity index (χ4v) is 2.86. The minimum atomic E-state index is -3.52. The molecule has 0 aliphatic rings. The number of nitrogens with zero attached hydrogens (tertiary/aromatic N) is 1. The maximum absolute atomic E-state index is 12.2. The Bertz CT molecular complexity index is 556. The van der Waals surface area contributed by atoms with Crippen molar-refractivity contribution < 1.29 is 8.42 Å². The van der Waals surface area contributed by atoms with Gasteiger partial charge in [0, 0.05) is 20.1 Å². The predicted molar refractivity (Wildman–Crippen MR) is 84.3 cm³/mol. The van der Waals surface area contributed by atoms with E-state index >= 15 is 0 Å². The average molecular weight is 299 g/mol. The number of para-hydroxylation sites is 1. The van der Waals surface area contributed by atoms with E-state index in [1.807, 2.05) is 6.07 Å². The Morgan fingerprint density at radius 1 is 1.30 bits per heavy atom. The number of anilines is 2. The van der Waals surface area contributed by atoms with Crippen LogP contribution in [0.1, 0.15) is 27.2 Å². The van der Waals surface area contributed by atoms with Crippen molar-refractivity contribution in [1.82, 2.24) is 4.31 Å². The summed E-state index contributed by atoms with van der Waals surface area (Å²) in [5, 5.41) is 3.30. The van der Waals surface area contributed by atoms with Crippen molar-refractivity contribution in [2.45, 2.75) is 38.1 Å². The van der Waals surface area contributed by atoms with E-state index < -0.39 is 10.0 Å². The molecule has 0 aliphatic carbocycles. The van der Waals surface area contributed by atoms with Gasteiger partial charge in [-0.3, -0.25) is 0 Å². The second kappa shape index (κ2) is 6.45. The summed E-state index contributed by atoms with van der Waals surface area (Å²) in [6.07, 6.45) is 1.05. The van der Waals surface area contributed by atoms with E-state index in [4.69, 9.17) is 5.73 Å². The average Bonchev–Trinajstić information content (AvgIpc) is 2.39. The van der Waals surface area contributed by atoms with Gasteiger partial charge in [-0.15, -0.1) is 0 Å². The van der Waals surface area contributed by atoms with E-state index in [2.05, 4.69) is 26.1 Å².